The highest BCUT2D eigenvalue weighted by Gasteiger charge is 1.86. The Hall–Kier alpha value is -1.71. The molecule has 0 heterocycles. The van der Waals surface area contributed by atoms with Crippen LogP contribution in [-0.2, 0) is 6.54 Å². The molecule has 1 rings (SSSR count). The fourth-order valence-electron chi connectivity index (χ4n) is 0.777. The second-order valence-corrected chi connectivity index (χ2v) is 2.27. The van der Waals surface area contributed by atoms with Crippen molar-refractivity contribution in [2.24, 2.45) is 16.0 Å². The van der Waals surface area contributed by atoms with Crippen molar-refractivity contribution in [3.63, 3.8) is 0 Å². The molecule has 0 aromatic heterocycles. The summed E-state index contributed by atoms with van der Waals surface area (Å²) in [5, 5.41) is 13.9. The maximum Gasteiger partial charge on any atom is 0.232 e. The first kappa shape index (κ1) is 8.39. The molecule has 0 amide bonds. The van der Waals surface area contributed by atoms with E-state index in [0.29, 0.717) is 6.54 Å². The lowest BCUT2D eigenvalue weighted by Crippen LogP contribution is -2.03. The fourth-order valence-corrected chi connectivity index (χ4v) is 0.777. The van der Waals surface area contributed by atoms with Crippen LogP contribution in [-0.4, -0.2) is 5.96 Å². The second kappa shape index (κ2) is 4.23. The minimum Gasteiger partial charge on any atom is -0.367 e. The summed E-state index contributed by atoms with van der Waals surface area (Å²) in [7, 11) is 0. The summed E-state index contributed by atoms with van der Waals surface area (Å²) in [6.07, 6.45) is 0. The molecule has 0 radical (unpaired) electrons. The van der Waals surface area contributed by atoms with E-state index in [9.17, 15) is 0 Å². The van der Waals surface area contributed by atoms with Gasteiger partial charge in [0.25, 0.3) is 0 Å². The van der Waals surface area contributed by atoms with Crippen molar-refractivity contribution in [3.05, 3.63) is 35.9 Å². The van der Waals surface area contributed by atoms with Crippen LogP contribution < -0.4 is 5.73 Å². The zero-order valence-corrected chi connectivity index (χ0v) is 6.57. The Balaban J connectivity index is 2.49. The van der Waals surface area contributed by atoms with E-state index >= 15 is 0 Å². The molecule has 0 saturated heterocycles. The quantitative estimate of drug-likeness (QED) is 0.386. The van der Waals surface area contributed by atoms with E-state index < -0.39 is 0 Å². The molecule has 4 nitrogen and oxygen atoms in total. The average Bonchev–Trinajstić information content (AvgIpc) is 2.05. The first-order valence-corrected chi connectivity index (χ1v) is 3.54. The predicted molar refractivity (Wildman–Crippen MR) is 46.9 cm³/mol. The normalized spacial score (nSPS) is 10.3. The zero-order valence-electron chi connectivity index (χ0n) is 6.57. The van der Waals surface area contributed by atoms with Gasteiger partial charge in [-0.05, 0) is 5.56 Å². The third-order valence-electron chi connectivity index (χ3n) is 1.27. The van der Waals surface area contributed by atoms with Gasteiger partial charge in [-0.2, -0.15) is 5.11 Å². The number of hydrogen-bond donors (Lipinski definition) is 2. The lowest BCUT2D eigenvalue weighted by molar-refractivity contribution is 0.964. The number of guanidine groups is 1. The minimum atomic E-state index is -0.258. The van der Waals surface area contributed by atoms with Crippen LogP contribution >= 0.6 is 0 Å². The molecular formula is C8H10N4. The van der Waals surface area contributed by atoms with Gasteiger partial charge >= 0.3 is 0 Å². The summed E-state index contributed by atoms with van der Waals surface area (Å²) in [6, 6.07) is 9.68. The summed E-state index contributed by atoms with van der Waals surface area (Å²) in [5.41, 5.74) is 6.04. The third kappa shape index (κ3) is 2.92. The van der Waals surface area contributed by atoms with Crippen molar-refractivity contribution in [1.82, 2.24) is 0 Å². The fraction of sp³-hybridized carbons (Fsp3) is 0.125. The Kier molecular flexibility index (Phi) is 2.95. The molecule has 0 aliphatic rings. The number of rotatable bonds is 2. The zero-order chi connectivity index (χ0) is 8.81. The van der Waals surface area contributed by atoms with Gasteiger partial charge in [0.2, 0.25) is 5.96 Å². The Morgan fingerprint density at radius 1 is 1.33 bits per heavy atom. The lowest BCUT2D eigenvalue weighted by atomic mass is 10.2. The maximum atomic E-state index is 6.78. The van der Waals surface area contributed by atoms with Crippen molar-refractivity contribution in [1.29, 1.82) is 5.41 Å². The molecule has 0 bridgehead atoms. The van der Waals surface area contributed by atoms with Crippen LogP contribution in [0.5, 0.6) is 0 Å². The molecule has 0 aliphatic heterocycles. The Morgan fingerprint density at radius 2 is 2.00 bits per heavy atom. The molecule has 0 unspecified atom stereocenters. The van der Waals surface area contributed by atoms with Crippen LogP contribution in [0.4, 0.5) is 0 Å². The van der Waals surface area contributed by atoms with Crippen LogP contribution in [0.1, 0.15) is 5.56 Å². The summed E-state index contributed by atoms with van der Waals surface area (Å²) in [6.45, 7) is 0.473. The van der Waals surface area contributed by atoms with Crippen LogP contribution in [0.15, 0.2) is 40.6 Å². The van der Waals surface area contributed by atoms with Crippen molar-refractivity contribution in [2.75, 3.05) is 0 Å². The number of nitrogens with zero attached hydrogens (tertiary/aromatic N) is 2. The highest BCUT2D eigenvalue weighted by atomic mass is 15.2. The number of benzene rings is 1. The van der Waals surface area contributed by atoms with E-state index in [1.54, 1.807) is 0 Å². The van der Waals surface area contributed by atoms with E-state index in [4.69, 9.17) is 11.1 Å². The van der Waals surface area contributed by atoms with E-state index in [2.05, 4.69) is 10.2 Å². The molecule has 3 N–H and O–H groups in total. The highest BCUT2D eigenvalue weighted by molar-refractivity contribution is 5.74. The van der Waals surface area contributed by atoms with Gasteiger partial charge in [0.1, 0.15) is 0 Å². The molecular weight excluding hydrogens is 152 g/mol. The largest absolute Gasteiger partial charge is 0.367 e. The van der Waals surface area contributed by atoms with E-state index in [1.165, 1.54) is 0 Å². The minimum absolute atomic E-state index is 0.258. The smallest absolute Gasteiger partial charge is 0.232 e. The molecule has 12 heavy (non-hydrogen) atoms. The van der Waals surface area contributed by atoms with Crippen molar-refractivity contribution in [3.8, 4) is 0 Å². The van der Waals surface area contributed by atoms with Crippen molar-refractivity contribution < 1.29 is 0 Å². The van der Waals surface area contributed by atoms with Crippen LogP contribution in [0.3, 0.4) is 0 Å². The SMILES string of the molecule is N=C(N)N=NCc1ccccc1. The number of nitrogens with one attached hydrogen (secondary N) is 1. The molecule has 0 atom stereocenters. The molecule has 0 aliphatic carbocycles. The van der Waals surface area contributed by atoms with E-state index in [1.807, 2.05) is 30.3 Å². The van der Waals surface area contributed by atoms with Gasteiger partial charge in [0.05, 0.1) is 6.54 Å². The molecule has 62 valence electrons. The number of nitrogens with two attached hydrogens (primary N) is 1. The van der Waals surface area contributed by atoms with Crippen molar-refractivity contribution in [2.45, 2.75) is 6.54 Å². The topological polar surface area (TPSA) is 74.6 Å². The van der Waals surface area contributed by atoms with Crippen LogP contribution in [0.25, 0.3) is 0 Å². The van der Waals surface area contributed by atoms with Gasteiger partial charge in [-0.3, -0.25) is 5.41 Å². The molecule has 0 saturated carbocycles. The molecule has 4 heteroatoms. The van der Waals surface area contributed by atoms with Crippen LogP contribution in [0, 0.1) is 5.41 Å². The Bertz CT molecular complexity index is 278. The first-order chi connectivity index (χ1) is 5.79. The van der Waals surface area contributed by atoms with Gasteiger partial charge in [-0.1, -0.05) is 30.3 Å². The maximum absolute atomic E-state index is 6.78. The number of azo groups is 1. The second-order valence-electron chi connectivity index (χ2n) is 2.27. The van der Waals surface area contributed by atoms with Gasteiger partial charge < -0.3 is 5.73 Å². The first-order valence-electron chi connectivity index (χ1n) is 3.54. The lowest BCUT2D eigenvalue weighted by Gasteiger charge is -1.92. The Labute approximate surface area is 70.6 Å². The summed E-state index contributed by atoms with van der Waals surface area (Å²) < 4.78 is 0. The monoisotopic (exact) mass is 162 g/mol. The Morgan fingerprint density at radius 3 is 2.58 bits per heavy atom. The van der Waals surface area contributed by atoms with Gasteiger partial charge in [-0.15, -0.1) is 5.11 Å². The molecule has 0 fully saturated rings. The average molecular weight is 162 g/mol. The number of hydrogen-bond acceptors (Lipinski definition) is 2. The summed E-state index contributed by atoms with van der Waals surface area (Å²) in [4.78, 5) is 0. The summed E-state index contributed by atoms with van der Waals surface area (Å²) >= 11 is 0. The van der Waals surface area contributed by atoms with Crippen molar-refractivity contribution >= 4 is 5.96 Å². The molecule has 1 aromatic rings. The molecule has 0 spiro atoms. The third-order valence-corrected chi connectivity index (χ3v) is 1.27. The van der Waals surface area contributed by atoms with Gasteiger partial charge in [0.15, 0.2) is 0 Å². The molecule has 1 aromatic carbocycles. The van der Waals surface area contributed by atoms with Gasteiger partial charge in [-0.25, -0.2) is 0 Å². The van der Waals surface area contributed by atoms with E-state index in [-0.39, 0.29) is 5.96 Å². The van der Waals surface area contributed by atoms with Crippen LogP contribution in [0.2, 0.25) is 0 Å². The standard InChI is InChI=1S/C8H10N4/c9-8(10)12-11-6-7-4-2-1-3-5-7/h1-5H,6H2,(H3,9,10). The highest BCUT2D eigenvalue weighted by Crippen LogP contribution is 1.99. The van der Waals surface area contributed by atoms with Gasteiger partial charge in [0, 0.05) is 0 Å². The van der Waals surface area contributed by atoms with E-state index in [0.717, 1.165) is 5.56 Å². The predicted octanol–water partition coefficient (Wildman–Crippen LogP) is 1.53. The summed E-state index contributed by atoms with van der Waals surface area (Å²) in [5.74, 6) is -0.258.